The zero-order chi connectivity index (χ0) is 14.7. The number of benzene rings is 1. The minimum Gasteiger partial charge on any atom is -0.463 e. The van der Waals surface area contributed by atoms with Crippen molar-refractivity contribution in [2.24, 2.45) is 0 Å². The predicted molar refractivity (Wildman–Crippen MR) is 87.9 cm³/mol. The lowest BCUT2D eigenvalue weighted by molar-refractivity contribution is 0.282. The molecule has 21 heavy (non-hydrogen) atoms. The van der Waals surface area contributed by atoms with Crippen molar-refractivity contribution in [3.8, 4) is 0 Å². The van der Waals surface area contributed by atoms with Gasteiger partial charge in [0, 0.05) is 17.1 Å². The molecule has 0 spiro atoms. The SMILES string of the molecule is CN(Cc1cccc(Br)c1)Cc1ccc(CNC2CC2)o1. The van der Waals surface area contributed by atoms with E-state index in [0.29, 0.717) is 0 Å². The van der Waals surface area contributed by atoms with Crippen molar-refractivity contribution in [1.29, 1.82) is 0 Å². The first kappa shape index (κ1) is 14.8. The van der Waals surface area contributed by atoms with Crippen LogP contribution < -0.4 is 5.32 Å². The van der Waals surface area contributed by atoms with Crippen LogP contribution in [0.3, 0.4) is 0 Å². The molecule has 0 atom stereocenters. The molecule has 1 aliphatic rings. The molecule has 3 nitrogen and oxygen atoms in total. The molecule has 2 aromatic rings. The van der Waals surface area contributed by atoms with E-state index in [-0.39, 0.29) is 0 Å². The number of nitrogens with zero attached hydrogens (tertiary/aromatic N) is 1. The summed E-state index contributed by atoms with van der Waals surface area (Å²) in [6.07, 6.45) is 2.62. The quantitative estimate of drug-likeness (QED) is 0.821. The molecule has 0 radical (unpaired) electrons. The highest BCUT2D eigenvalue weighted by Gasteiger charge is 2.20. The Labute approximate surface area is 134 Å². The first-order chi connectivity index (χ1) is 10.2. The molecule has 1 aliphatic carbocycles. The number of furan rings is 1. The summed E-state index contributed by atoms with van der Waals surface area (Å²) < 4.78 is 7.01. The third-order valence-electron chi connectivity index (χ3n) is 3.63. The lowest BCUT2D eigenvalue weighted by Gasteiger charge is -2.15. The van der Waals surface area contributed by atoms with E-state index in [0.717, 1.165) is 41.7 Å². The van der Waals surface area contributed by atoms with Gasteiger partial charge < -0.3 is 9.73 Å². The van der Waals surface area contributed by atoms with Gasteiger partial charge in [-0.1, -0.05) is 28.1 Å². The minimum atomic E-state index is 0.720. The van der Waals surface area contributed by atoms with E-state index in [1.807, 2.05) is 0 Å². The number of rotatable bonds is 7. The second-order valence-corrected chi connectivity index (χ2v) is 6.74. The average molecular weight is 349 g/mol. The summed E-state index contributed by atoms with van der Waals surface area (Å²) >= 11 is 3.51. The summed E-state index contributed by atoms with van der Waals surface area (Å²) in [5.41, 5.74) is 1.30. The second-order valence-electron chi connectivity index (χ2n) is 5.83. The molecule has 0 saturated heterocycles. The van der Waals surface area contributed by atoms with Crippen LogP contribution in [0.1, 0.15) is 29.9 Å². The highest BCUT2D eigenvalue weighted by atomic mass is 79.9. The fraction of sp³-hybridized carbons (Fsp3) is 0.412. The van der Waals surface area contributed by atoms with Crippen molar-refractivity contribution in [1.82, 2.24) is 10.2 Å². The Kier molecular flexibility index (Phi) is 4.78. The average Bonchev–Trinajstić information content (AvgIpc) is 3.17. The van der Waals surface area contributed by atoms with E-state index < -0.39 is 0 Å². The zero-order valence-electron chi connectivity index (χ0n) is 12.3. The van der Waals surface area contributed by atoms with E-state index in [4.69, 9.17) is 4.42 Å². The Bertz CT molecular complexity index is 592. The smallest absolute Gasteiger partial charge is 0.118 e. The molecule has 1 fully saturated rings. The molecule has 0 unspecified atom stereocenters. The Morgan fingerprint density at radius 3 is 2.76 bits per heavy atom. The molecule has 0 amide bonds. The molecule has 4 heteroatoms. The summed E-state index contributed by atoms with van der Waals surface area (Å²) in [6, 6.07) is 13.3. The number of hydrogen-bond donors (Lipinski definition) is 1. The van der Waals surface area contributed by atoms with Gasteiger partial charge in [0.2, 0.25) is 0 Å². The van der Waals surface area contributed by atoms with Gasteiger partial charge in [-0.2, -0.15) is 0 Å². The van der Waals surface area contributed by atoms with Crippen molar-refractivity contribution >= 4 is 15.9 Å². The molecule has 1 N–H and O–H groups in total. The summed E-state index contributed by atoms with van der Waals surface area (Å²) in [6.45, 7) is 2.59. The van der Waals surface area contributed by atoms with Gasteiger partial charge in [0.15, 0.2) is 0 Å². The number of nitrogens with one attached hydrogen (secondary N) is 1. The third kappa shape index (κ3) is 4.70. The van der Waals surface area contributed by atoms with Crippen LogP contribution in [0.2, 0.25) is 0 Å². The normalized spacial score (nSPS) is 14.8. The van der Waals surface area contributed by atoms with Gasteiger partial charge in [0.1, 0.15) is 11.5 Å². The number of hydrogen-bond acceptors (Lipinski definition) is 3. The lowest BCUT2D eigenvalue weighted by atomic mass is 10.2. The molecule has 0 aliphatic heterocycles. The second kappa shape index (κ2) is 6.77. The fourth-order valence-electron chi connectivity index (χ4n) is 2.40. The van der Waals surface area contributed by atoms with Gasteiger partial charge in [-0.3, -0.25) is 4.90 Å². The van der Waals surface area contributed by atoms with E-state index in [2.05, 4.69) is 69.6 Å². The Morgan fingerprint density at radius 2 is 2.00 bits per heavy atom. The molecule has 1 saturated carbocycles. The Balaban J connectivity index is 1.50. The van der Waals surface area contributed by atoms with Gasteiger partial charge >= 0.3 is 0 Å². The molecule has 1 aromatic heterocycles. The topological polar surface area (TPSA) is 28.4 Å². The van der Waals surface area contributed by atoms with Crippen LogP contribution >= 0.6 is 15.9 Å². The molecule has 1 heterocycles. The zero-order valence-corrected chi connectivity index (χ0v) is 13.9. The maximum absolute atomic E-state index is 5.88. The van der Waals surface area contributed by atoms with Crippen LogP contribution in [0.25, 0.3) is 0 Å². The van der Waals surface area contributed by atoms with Gasteiger partial charge in [0.05, 0.1) is 13.1 Å². The first-order valence-electron chi connectivity index (χ1n) is 7.43. The van der Waals surface area contributed by atoms with Gasteiger partial charge in [-0.25, -0.2) is 0 Å². The monoisotopic (exact) mass is 348 g/mol. The Hall–Kier alpha value is -1.10. The van der Waals surface area contributed by atoms with Gasteiger partial charge in [-0.15, -0.1) is 0 Å². The summed E-state index contributed by atoms with van der Waals surface area (Å²) in [5, 5.41) is 3.47. The summed E-state index contributed by atoms with van der Waals surface area (Å²) in [4.78, 5) is 2.26. The van der Waals surface area contributed by atoms with Crippen molar-refractivity contribution in [3.05, 3.63) is 58.0 Å². The fourth-order valence-corrected chi connectivity index (χ4v) is 2.85. The third-order valence-corrected chi connectivity index (χ3v) is 4.12. The van der Waals surface area contributed by atoms with Crippen molar-refractivity contribution < 1.29 is 4.42 Å². The molecule has 0 bridgehead atoms. The van der Waals surface area contributed by atoms with Crippen LogP contribution in [-0.2, 0) is 19.6 Å². The largest absolute Gasteiger partial charge is 0.463 e. The standard InChI is InChI=1S/C17H21BrN2O/c1-20(11-13-3-2-4-14(18)9-13)12-17-8-7-16(21-17)10-19-15-5-6-15/h2-4,7-9,15,19H,5-6,10-12H2,1H3. The van der Waals surface area contributed by atoms with E-state index >= 15 is 0 Å². The minimum absolute atomic E-state index is 0.720. The summed E-state index contributed by atoms with van der Waals surface area (Å²) in [7, 11) is 2.12. The van der Waals surface area contributed by atoms with E-state index in [1.54, 1.807) is 0 Å². The maximum Gasteiger partial charge on any atom is 0.118 e. The van der Waals surface area contributed by atoms with E-state index in [1.165, 1.54) is 18.4 Å². The van der Waals surface area contributed by atoms with Crippen LogP contribution in [0.4, 0.5) is 0 Å². The summed E-state index contributed by atoms with van der Waals surface area (Å²) in [5.74, 6) is 2.06. The predicted octanol–water partition coefficient (Wildman–Crippen LogP) is 3.93. The molecular weight excluding hydrogens is 328 g/mol. The Morgan fingerprint density at radius 1 is 1.19 bits per heavy atom. The molecule has 1 aromatic carbocycles. The van der Waals surface area contributed by atoms with Crippen LogP contribution in [0, 0.1) is 0 Å². The molecular formula is C17H21BrN2O. The molecule has 3 rings (SSSR count). The highest BCUT2D eigenvalue weighted by molar-refractivity contribution is 9.10. The molecule has 112 valence electrons. The van der Waals surface area contributed by atoms with Crippen molar-refractivity contribution in [3.63, 3.8) is 0 Å². The maximum atomic E-state index is 5.88. The van der Waals surface area contributed by atoms with Gasteiger partial charge in [0.25, 0.3) is 0 Å². The number of halogens is 1. The van der Waals surface area contributed by atoms with Crippen LogP contribution in [0.15, 0.2) is 45.3 Å². The highest BCUT2D eigenvalue weighted by Crippen LogP contribution is 2.20. The van der Waals surface area contributed by atoms with Gasteiger partial charge in [-0.05, 0) is 49.7 Å². The van der Waals surface area contributed by atoms with Crippen LogP contribution in [-0.4, -0.2) is 18.0 Å². The van der Waals surface area contributed by atoms with E-state index in [9.17, 15) is 0 Å². The van der Waals surface area contributed by atoms with Crippen molar-refractivity contribution in [2.45, 2.75) is 38.5 Å². The first-order valence-corrected chi connectivity index (χ1v) is 8.22. The van der Waals surface area contributed by atoms with Crippen molar-refractivity contribution in [2.75, 3.05) is 7.05 Å². The van der Waals surface area contributed by atoms with Crippen LogP contribution in [0.5, 0.6) is 0 Å². The lowest BCUT2D eigenvalue weighted by Crippen LogP contribution is -2.17.